The van der Waals surface area contributed by atoms with Gasteiger partial charge < -0.3 is 20.1 Å². The maximum Gasteiger partial charge on any atom is 0.280 e. The normalized spacial score (nSPS) is 10.9. The van der Waals surface area contributed by atoms with E-state index in [2.05, 4.69) is 20.7 Å². The average molecular weight is 528 g/mol. The molecule has 39 heavy (non-hydrogen) atoms. The summed E-state index contributed by atoms with van der Waals surface area (Å²) in [7, 11) is 0. The lowest BCUT2D eigenvalue weighted by Gasteiger charge is -2.12. The molecule has 9 heteroatoms. The number of H-pyrrole nitrogens is 1. The Morgan fingerprint density at radius 3 is 2.36 bits per heavy atom. The maximum absolute atomic E-state index is 13.1. The van der Waals surface area contributed by atoms with E-state index >= 15 is 0 Å². The van der Waals surface area contributed by atoms with E-state index < -0.39 is 0 Å². The van der Waals surface area contributed by atoms with Gasteiger partial charge in [-0.05, 0) is 69.3 Å². The summed E-state index contributed by atoms with van der Waals surface area (Å²) in [6.07, 6.45) is 1.84. The lowest BCUT2D eigenvalue weighted by Crippen LogP contribution is -2.18. The van der Waals surface area contributed by atoms with Gasteiger partial charge >= 0.3 is 0 Å². The van der Waals surface area contributed by atoms with Crippen LogP contribution in [0.4, 0.5) is 17.1 Å². The van der Waals surface area contributed by atoms with E-state index in [1.807, 2.05) is 69.3 Å². The molecule has 1 aromatic heterocycles. The van der Waals surface area contributed by atoms with Crippen LogP contribution in [0.1, 0.15) is 31.5 Å². The van der Waals surface area contributed by atoms with Crippen molar-refractivity contribution in [1.82, 2.24) is 9.78 Å². The molecular weight excluding hydrogens is 494 g/mol. The number of nitrogens with one attached hydrogen (secondary N) is 3. The molecule has 9 nitrogen and oxygen atoms in total. The van der Waals surface area contributed by atoms with Gasteiger partial charge in [-0.15, -0.1) is 0 Å². The van der Waals surface area contributed by atoms with Gasteiger partial charge in [0.05, 0.1) is 30.2 Å². The van der Waals surface area contributed by atoms with Gasteiger partial charge in [-0.2, -0.15) is 0 Å². The molecule has 0 saturated carbocycles. The van der Waals surface area contributed by atoms with E-state index in [4.69, 9.17) is 9.47 Å². The Bertz CT molecular complexity index is 1490. The number of amides is 1. The topological polar surface area (TPSA) is 110 Å². The highest BCUT2D eigenvalue weighted by Gasteiger charge is 2.12. The van der Waals surface area contributed by atoms with Gasteiger partial charge in [0.2, 0.25) is 5.91 Å². The summed E-state index contributed by atoms with van der Waals surface area (Å²) in [6.45, 7) is 7.22. The first-order valence-electron chi connectivity index (χ1n) is 12.9. The lowest BCUT2D eigenvalue weighted by molar-refractivity contribution is -0.115. The molecule has 4 rings (SSSR count). The van der Waals surface area contributed by atoms with Crippen molar-refractivity contribution in [2.75, 3.05) is 30.4 Å². The minimum absolute atomic E-state index is 0.122. The third-order valence-electron chi connectivity index (χ3n) is 5.88. The molecule has 4 aromatic rings. The zero-order chi connectivity index (χ0) is 27.6. The third-order valence-corrected chi connectivity index (χ3v) is 5.88. The Morgan fingerprint density at radius 2 is 1.62 bits per heavy atom. The minimum atomic E-state index is -0.222. The zero-order valence-electron chi connectivity index (χ0n) is 22.4. The fraction of sp³-hybridized carbons (Fsp3) is 0.233. The summed E-state index contributed by atoms with van der Waals surface area (Å²) in [6, 6.07) is 22.1. The molecule has 0 radical (unpaired) electrons. The molecule has 0 unspecified atom stereocenters. The standard InChI is InChI=1S/C30H33N5O4/c1-4-38-27-12-8-6-10-25(27)31-19-18-29(36)33-22-14-16-23(17-15-22)35-30(37)24(21(3)34-35)20-32-26-11-7-9-13-28(26)39-5-2/h6-17,20,31,34H,4-5,18-19H2,1-3H3,(H,33,36). The molecule has 3 aromatic carbocycles. The summed E-state index contributed by atoms with van der Waals surface area (Å²) >= 11 is 0. The molecule has 0 bridgehead atoms. The van der Waals surface area contributed by atoms with Crippen molar-refractivity contribution >= 4 is 29.2 Å². The Balaban J connectivity index is 1.38. The highest BCUT2D eigenvalue weighted by molar-refractivity contribution is 5.91. The van der Waals surface area contributed by atoms with Gasteiger partial charge in [0.25, 0.3) is 5.56 Å². The van der Waals surface area contributed by atoms with Crippen molar-refractivity contribution in [2.24, 2.45) is 4.99 Å². The number of aryl methyl sites for hydroxylation is 1. The monoisotopic (exact) mass is 527 g/mol. The van der Waals surface area contributed by atoms with E-state index in [0.29, 0.717) is 53.8 Å². The number of carbonyl (C=O) groups is 1. The molecule has 0 fully saturated rings. The molecule has 1 amide bonds. The third kappa shape index (κ3) is 6.95. The van der Waals surface area contributed by atoms with Crippen molar-refractivity contribution in [2.45, 2.75) is 27.2 Å². The first kappa shape index (κ1) is 27.3. The van der Waals surface area contributed by atoms with Gasteiger partial charge in [-0.25, -0.2) is 4.68 Å². The Kier molecular flexibility index (Phi) is 9.18. The molecular formula is C30H33N5O4. The fourth-order valence-corrected chi connectivity index (χ4v) is 3.99. The molecule has 0 spiro atoms. The first-order valence-corrected chi connectivity index (χ1v) is 12.9. The van der Waals surface area contributed by atoms with Gasteiger partial charge in [0.15, 0.2) is 0 Å². The van der Waals surface area contributed by atoms with Crippen LogP contribution in [0.2, 0.25) is 0 Å². The van der Waals surface area contributed by atoms with E-state index in [0.717, 1.165) is 11.4 Å². The predicted octanol–water partition coefficient (Wildman–Crippen LogP) is 5.46. The second-order valence-electron chi connectivity index (χ2n) is 8.65. The molecule has 0 aliphatic carbocycles. The number of aromatic amines is 1. The van der Waals surface area contributed by atoms with E-state index in [-0.39, 0.29) is 17.9 Å². The number of nitrogens with zero attached hydrogens (tertiary/aromatic N) is 2. The van der Waals surface area contributed by atoms with Crippen molar-refractivity contribution in [3.05, 3.63) is 94.4 Å². The van der Waals surface area contributed by atoms with Crippen molar-refractivity contribution < 1.29 is 14.3 Å². The number of rotatable bonds is 12. The highest BCUT2D eigenvalue weighted by Crippen LogP contribution is 2.27. The first-order chi connectivity index (χ1) is 19.0. The quantitative estimate of drug-likeness (QED) is 0.212. The van der Waals surface area contributed by atoms with Crippen LogP contribution in [0, 0.1) is 6.92 Å². The second kappa shape index (κ2) is 13.1. The highest BCUT2D eigenvalue weighted by atomic mass is 16.5. The number of anilines is 2. The largest absolute Gasteiger partial charge is 0.492 e. The predicted molar refractivity (Wildman–Crippen MR) is 155 cm³/mol. The van der Waals surface area contributed by atoms with Crippen LogP contribution < -0.4 is 25.7 Å². The van der Waals surface area contributed by atoms with Gasteiger partial charge in [-0.1, -0.05) is 24.3 Å². The molecule has 0 aliphatic rings. The number of aliphatic imine (C=N–C) groups is 1. The number of benzene rings is 3. The van der Waals surface area contributed by atoms with Crippen LogP contribution in [0.3, 0.4) is 0 Å². The Morgan fingerprint density at radius 1 is 0.949 bits per heavy atom. The number of aromatic nitrogens is 2. The SMILES string of the molecule is CCOc1ccccc1N=Cc1c(C)[nH]n(-c2ccc(NC(=O)CCNc3ccccc3OCC)cc2)c1=O. The molecule has 3 N–H and O–H groups in total. The van der Waals surface area contributed by atoms with E-state index in [1.165, 1.54) is 4.68 Å². The zero-order valence-corrected chi connectivity index (χ0v) is 22.4. The van der Waals surface area contributed by atoms with Gasteiger partial charge in [0, 0.05) is 30.6 Å². The minimum Gasteiger partial charge on any atom is -0.492 e. The number of carbonyl (C=O) groups excluding carboxylic acids is 1. The molecule has 0 aliphatic heterocycles. The number of para-hydroxylation sites is 4. The van der Waals surface area contributed by atoms with Gasteiger partial charge in [-0.3, -0.25) is 19.7 Å². The van der Waals surface area contributed by atoms with Crippen LogP contribution in [0.5, 0.6) is 11.5 Å². The second-order valence-corrected chi connectivity index (χ2v) is 8.65. The van der Waals surface area contributed by atoms with Gasteiger partial charge in [0.1, 0.15) is 17.2 Å². The smallest absolute Gasteiger partial charge is 0.280 e. The van der Waals surface area contributed by atoms with Crippen LogP contribution in [0.25, 0.3) is 5.69 Å². The lowest BCUT2D eigenvalue weighted by atomic mass is 10.2. The summed E-state index contributed by atoms with van der Waals surface area (Å²) in [5.74, 6) is 1.30. The molecule has 1 heterocycles. The molecule has 0 atom stereocenters. The Labute approximate surface area is 227 Å². The maximum atomic E-state index is 13.1. The number of ether oxygens (including phenoxy) is 2. The number of hydrogen-bond donors (Lipinski definition) is 3. The van der Waals surface area contributed by atoms with Crippen molar-refractivity contribution in [1.29, 1.82) is 0 Å². The van der Waals surface area contributed by atoms with E-state index in [9.17, 15) is 9.59 Å². The summed E-state index contributed by atoms with van der Waals surface area (Å²) in [4.78, 5) is 30.1. The van der Waals surface area contributed by atoms with Crippen molar-refractivity contribution in [3.8, 4) is 17.2 Å². The number of hydrogen-bond acceptors (Lipinski definition) is 6. The van der Waals surface area contributed by atoms with E-state index in [1.54, 1.807) is 30.5 Å². The fourth-order valence-electron chi connectivity index (χ4n) is 3.99. The molecule has 0 saturated heterocycles. The Hall–Kier alpha value is -4.79. The molecule has 202 valence electrons. The van der Waals surface area contributed by atoms with Crippen LogP contribution in [-0.2, 0) is 4.79 Å². The van der Waals surface area contributed by atoms with Crippen molar-refractivity contribution in [3.63, 3.8) is 0 Å². The average Bonchev–Trinajstić information content (AvgIpc) is 3.22. The summed E-state index contributed by atoms with van der Waals surface area (Å²) < 4.78 is 12.7. The van der Waals surface area contributed by atoms with Crippen LogP contribution >= 0.6 is 0 Å². The summed E-state index contributed by atoms with van der Waals surface area (Å²) in [5, 5.41) is 9.23. The summed E-state index contributed by atoms with van der Waals surface area (Å²) in [5.41, 5.74) is 3.71. The van der Waals surface area contributed by atoms with Crippen LogP contribution in [-0.4, -0.2) is 41.7 Å². The van der Waals surface area contributed by atoms with Crippen LogP contribution in [0.15, 0.2) is 82.6 Å².